The molecule has 0 aromatic heterocycles. The van der Waals surface area contributed by atoms with Crippen molar-refractivity contribution in [2.24, 2.45) is 0 Å². The molecule has 0 aliphatic heterocycles. The van der Waals surface area contributed by atoms with Crippen molar-refractivity contribution in [1.82, 2.24) is 5.32 Å². The molecule has 0 aliphatic rings. The van der Waals surface area contributed by atoms with Gasteiger partial charge in [0.25, 0.3) is 0 Å². The highest BCUT2D eigenvalue weighted by atomic mass is 79.9. The van der Waals surface area contributed by atoms with E-state index in [-0.39, 0.29) is 5.41 Å². The van der Waals surface area contributed by atoms with Gasteiger partial charge >= 0.3 is 0 Å². The molecule has 84 valence electrons. The van der Waals surface area contributed by atoms with Gasteiger partial charge in [-0.05, 0) is 17.7 Å². The maximum Gasteiger partial charge on any atom is 0.0178 e. The summed E-state index contributed by atoms with van der Waals surface area (Å²) in [5.41, 5.74) is 1.51. The van der Waals surface area contributed by atoms with Crippen molar-refractivity contribution in [2.75, 3.05) is 18.8 Å². The fraction of sp³-hybridized carbons (Fsp3) is 0.500. The van der Waals surface area contributed by atoms with Crippen molar-refractivity contribution in [2.45, 2.75) is 19.3 Å². The third kappa shape index (κ3) is 4.17. The molecular formula is C12H18BrNS. The molecule has 1 rings (SSSR count). The number of hydrogen-bond acceptors (Lipinski definition) is 2. The van der Waals surface area contributed by atoms with Crippen LogP contribution in [0.3, 0.4) is 0 Å². The van der Waals surface area contributed by atoms with Gasteiger partial charge < -0.3 is 5.32 Å². The topological polar surface area (TPSA) is 12.0 Å². The summed E-state index contributed by atoms with van der Waals surface area (Å²) in [6.45, 7) is 6.44. The smallest absolute Gasteiger partial charge is 0.0178 e. The van der Waals surface area contributed by atoms with Crippen LogP contribution in [0, 0.1) is 0 Å². The van der Waals surface area contributed by atoms with Gasteiger partial charge in [-0.15, -0.1) is 0 Å². The van der Waals surface area contributed by atoms with Crippen molar-refractivity contribution in [3.05, 3.63) is 34.3 Å². The highest BCUT2D eigenvalue weighted by Crippen LogP contribution is 2.24. The molecule has 0 spiro atoms. The van der Waals surface area contributed by atoms with Crippen LogP contribution in [0.4, 0.5) is 0 Å². The predicted octanol–water partition coefficient (Wildman–Crippen LogP) is 3.25. The zero-order valence-electron chi connectivity index (χ0n) is 9.26. The van der Waals surface area contributed by atoms with Gasteiger partial charge in [-0.2, -0.15) is 12.6 Å². The van der Waals surface area contributed by atoms with E-state index in [0.717, 1.165) is 23.3 Å². The first kappa shape index (κ1) is 13.1. The van der Waals surface area contributed by atoms with E-state index >= 15 is 0 Å². The summed E-state index contributed by atoms with van der Waals surface area (Å²) in [5, 5.41) is 3.40. The number of thiol groups is 1. The normalized spacial score (nSPS) is 11.7. The monoisotopic (exact) mass is 287 g/mol. The standard InChI is InChI=1S/C12H18BrNS/c1-12(2,9-14-6-7-15)10-4-3-5-11(13)8-10/h3-5,8,14-15H,6-7,9H2,1-2H3. The Balaban J connectivity index is 2.67. The summed E-state index contributed by atoms with van der Waals surface area (Å²) in [7, 11) is 0. The second-order valence-corrected chi connectivity index (χ2v) is 5.66. The molecule has 0 saturated carbocycles. The summed E-state index contributed by atoms with van der Waals surface area (Å²) in [6.07, 6.45) is 0. The molecule has 0 radical (unpaired) electrons. The van der Waals surface area contributed by atoms with Crippen LogP contribution in [0.1, 0.15) is 19.4 Å². The summed E-state index contributed by atoms with van der Waals surface area (Å²) in [4.78, 5) is 0. The van der Waals surface area contributed by atoms with Gasteiger partial charge in [-0.25, -0.2) is 0 Å². The Bertz CT molecular complexity index is 312. The lowest BCUT2D eigenvalue weighted by atomic mass is 9.85. The van der Waals surface area contributed by atoms with Crippen molar-refractivity contribution >= 4 is 28.6 Å². The average Bonchev–Trinajstić information content (AvgIpc) is 2.18. The van der Waals surface area contributed by atoms with Gasteiger partial charge in [0.15, 0.2) is 0 Å². The largest absolute Gasteiger partial charge is 0.315 e. The van der Waals surface area contributed by atoms with E-state index in [2.05, 4.69) is 72.0 Å². The Morgan fingerprint density at radius 3 is 2.73 bits per heavy atom. The SMILES string of the molecule is CC(C)(CNCCS)c1cccc(Br)c1. The first-order chi connectivity index (χ1) is 7.06. The van der Waals surface area contributed by atoms with E-state index in [1.54, 1.807) is 0 Å². The molecule has 1 aromatic carbocycles. The molecule has 0 heterocycles. The molecule has 0 bridgehead atoms. The molecule has 1 aromatic rings. The number of benzene rings is 1. The summed E-state index contributed by atoms with van der Waals surface area (Å²) in [6, 6.07) is 8.50. The molecule has 0 fully saturated rings. The molecular weight excluding hydrogens is 270 g/mol. The van der Waals surface area contributed by atoms with Gasteiger partial charge in [0, 0.05) is 28.7 Å². The Labute approximate surface area is 106 Å². The van der Waals surface area contributed by atoms with Crippen LogP contribution in [-0.4, -0.2) is 18.8 Å². The van der Waals surface area contributed by atoms with E-state index in [9.17, 15) is 0 Å². The second-order valence-electron chi connectivity index (χ2n) is 4.29. The minimum atomic E-state index is 0.159. The molecule has 3 heteroatoms. The Hall–Kier alpha value is 0.01000. The molecule has 0 atom stereocenters. The maximum atomic E-state index is 4.18. The van der Waals surface area contributed by atoms with Crippen molar-refractivity contribution in [3.63, 3.8) is 0 Å². The lowest BCUT2D eigenvalue weighted by molar-refractivity contribution is 0.478. The number of nitrogens with one attached hydrogen (secondary N) is 1. The molecule has 0 aliphatic carbocycles. The molecule has 0 saturated heterocycles. The fourth-order valence-corrected chi connectivity index (χ4v) is 2.05. The Morgan fingerprint density at radius 1 is 1.40 bits per heavy atom. The quantitative estimate of drug-likeness (QED) is 0.626. The molecule has 0 unspecified atom stereocenters. The third-order valence-electron chi connectivity index (χ3n) is 2.46. The van der Waals surface area contributed by atoms with Crippen LogP contribution in [0.25, 0.3) is 0 Å². The minimum Gasteiger partial charge on any atom is -0.315 e. The van der Waals surface area contributed by atoms with Crippen LogP contribution in [0.15, 0.2) is 28.7 Å². The number of halogens is 1. The van der Waals surface area contributed by atoms with Gasteiger partial charge in [0.05, 0.1) is 0 Å². The van der Waals surface area contributed by atoms with Crippen molar-refractivity contribution < 1.29 is 0 Å². The average molecular weight is 288 g/mol. The molecule has 15 heavy (non-hydrogen) atoms. The molecule has 1 N–H and O–H groups in total. The number of hydrogen-bond donors (Lipinski definition) is 2. The van der Waals surface area contributed by atoms with Crippen LogP contribution < -0.4 is 5.32 Å². The van der Waals surface area contributed by atoms with E-state index in [4.69, 9.17) is 0 Å². The summed E-state index contributed by atoms with van der Waals surface area (Å²) in [5.74, 6) is 0.883. The highest BCUT2D eigenvalue weighted by Gasteiger charge is 2.19. The predicted molar refractivity (Wildman–Crippen MR) is 73.9 cm³/mol. The minimum absolute atomic E-state index is 0.159. The van der Waals surface area contributed by atoms with Crippen LogP contribution in [0.2, 0.25) is 0 Å². The van der Waals surface area contributed by atoms with Gasteiger partial charge in [0.1, 0.15) is 0 Å². The Kier molecular flexibility index (Phi) is 5.16. The third-order valence-corrected chi connectivity index (χ3v) is 3.18. The van der Waals surface area contributed by atoms with E-state index in [1.807, 2.05) is 0 Å². The van der Waals surface area contributed by atoms with Crippen LogP contribution in [-0.2, 0) is 5.41 Å². The zero-order valence-corrected chi connectivity index (χ0v) is 11.7. The second kappa shape index (κ2) is 5.92. The van der Waals surface area contributed by atoms with E-state index in [1.165, 1.54) is 5.56 Å². The lowest BCUT2D eigenvalue weighted by Gasteiger charge is -2.26. The van der Waals surface area contributed by atoms with Crippen molar-refractivity contribution in [1.29, 1.82) is 0 Å². The summed E-state index contributed by atoms with van der Waals surface area (Å²) >= 11 is 7.69. The first-order valence-corrected chi connectivity index (χ1v) is 6.56. The van der Waals surface area contributed by atoms with Gasteiger partial charge in [0.2, 0.25) is 0 Å². The van der Waals surface area contributed by atoms with E-state index < -0.39 is 0 Å². The van der Waals surface area contributed by atoms with Crippen molar-refractivity contribution in [3.8, 4) is 0 Å². The van der Waals surface area contributed by atoms with Crippen LogP contribution >= 0.6 is 28.6 Å². The van der Waals surface area contributed by atoms with Crippen LogP contribution in [0.5, 0.6) is 0 Å². The maximum absolute atomic E-state index is 4.18. The van der Waals surface area contributed by atoms with Gasteiger partial charge in [-0.1, -0.05) is 41.9 Å². The molecule has 1 nitrogen and oxygen atoms in total. The zero-order chi connectivity index (χ0) is 11.3. The lowest BCUT2D eigenvalue weighted by Crippen LogP contribution is -2.33. The first-order valence-electron chi connectivity index (χ1n) is 5.14. The fourth-order valence-electron chi connectivity index (χ4n) is 1.49. The van der Waals surface area contributed by atoms with Gasteiger partial charge in [-0.3, -0.25) is 0 Å². The summed E-state index contributed by atoms with van der Waals surface area (Å²) < 4.78 is 1.14. The Morgan fingerprint density at radius 2 is 2.13 bits per heavy atom. The van der Waals surface area contributed by atoms with E-state index in [0.29, 0.717) is 0 Å². The highest BCUT2D eigenvalue weighted by molar-refractivity contribution is 9.10. The molecule has 0 amide bonds. The number of rotatable bonds is 5.